The monoisotopic (exact) mass is 229 g/mol. The van der Waals surface area contributed by atoms with Crippen molar-refractivity contribution >= 4 is 6.09 Å². The highest BCUT2D eigenvalue weighted by atomic mass is 16.6. The Labute approximate surface area is 99.9 Å². The zero-order valence-electron chi connectivity index (χ0n) is 11.1. The van der Waals surface area contributed by atoms with E-state index in [-0.39, 0.29) is 12.2 Å². The van der Waals surface area contributed by atoms with E-state index in [0.717, 1.165) is 13.0 Å². The molecule has 1 amide bonds. The van der Waals surface area contributed by atoms with E-state index in [4.69, 9.17) is 4.74 Å². The Hall–Kier alpha value is -0.730. The van der Waals surface area contributed by atoms with E-state index in [1.165, 1.54) is 38.5 Å². The predicted octanol–water partition coefficient (Wildman–Crippen LogP) is 3.87. The van der Waals surface area contributed by atoms with Gasteiger partial charge in [-0.1, -0.05) is 45.4 Å². The SMILES string of the molecule is CCCCCCCCCNC(=O)OC(C)C. The van der Waals surface area contributed by atoms with Crippen LogP contribution in [0, 0.1) is 0 Å². The van der Waals surface area contributed by atoms with Gasteiger partial charge in [0.1, 0.15) is 0 Å². The summed E-state index contributed by atoms with van der Waals surface area (Å²) in [5, 5.41) is 2.75. The lowest BCUT2D eigenvalue weighted by molar-refractivity contribution is 0.115. The maximum Gasteiger partial charge on any atom is 0.407 e. The van der Waals surface area contributed by atoms with Crippen LogP contribution in [0.25, 0.3) is 0 Å². The molecule has 3 heteroatoms. The molecule has 1 N–H and O–H groups in total. The Morgan fingerprint density at radius 2 is 1.62 bits per heavy atom. The Morgan fingerprint density at radius 3 is 2.19 bits per heavy atom. The molecule has 0 aromatic heterocycles. The van der Waals surface area contributed by atoms with Crippen molar-refractivity contribution in [1.29, 1.82) is 0 Å². The average Bonchev–Trinajstić information content (AvgIpc) is 2.21. The van der Waals surface area contributed by atoms with Gasteiger partial charge in [0, 0.05) is 6.54 Å². The van der Waals surface area contributed by atoms with Crippen LogP contribution in [0.2, 0.25) is 0 Å². The van der Waals surface area contributed by atoms with Crippen molar-refractivity contribution in [2.75, 3.05) is 6.54 Å². The second-order valence-electron chi connectivity index (χ2n) is 4.50. The van der Waals surface area contributed by atoms with E-state index in [2.05, 4.69) is 12.2 Å². The van der Waals surface area contributed by atoms with E-state index in [0.29, 0.717) is 0 Å². The molecule has 0 unspecified atom stereocenters. The molecular weight excluding hydrogens is 202 g/mol. The quantitative estimate of drug-likeness (QED) is 0.609. The third-order valence-corrected chi connectivity index (χ3v) is 2.39. The van der Waals surface area contributed by atoms with Crippen LogP contribution in [0.4, 0.5) is 4.79 Å². The Morgan fingerprint density at radius 1 is 1.06 bits per heavy atom. The lowest BCUT2D eigenvalue weighted by Gasteiger charge is -2.09. The molecule has 0 rings (SSSR count). The highest BCUT2D eigenvalue weighted by Crippen LogP contribution is 2.06. The zero-order chi connectivity index (χ0) is 12.2. The van der Waals surface area contributed by atoms with Crippen molar-refractivity contribution in [2.45, 2.75) is 71.8 Å². The largest absolute Gasteiger partial charge is 0.447 e. The molecule has 0 aliphatic heterocycles. The van der Waals surface area contributed by atoms with Gasteiger partial charge in [-0.05, 0) is 20.3 Å². The van der Waals surface area contributed by atoms with E-state index in [9.17, 15) is 4.79 Å². The van der Waals surface area contributed by atoms with Crippen LogP contribution >= 0.6 is 0 Å². The van der Waals surface area contributed by atoms with Crippen LogP contribution in [-0.2, 0) is 4.74 Å². The molecule has 0 radical (unpaired) electrons. The molecule has 0 aliphatic carbocycles. The van der Waals surface area contributed by atoms with Crippen molar-refractivity contribution < 1.29 is 9.53 Å². The summed E-state index contributed by atoms with van der Waals surface area (Å²) in [5.74, 6) is 0. The molecule has 0 atom stereocenters. The molecule has 0 fully saturated rings. The third kappa shape index (κ3) is 11.3. The summed E-state index contributed by atoms with van der Waals surface area (Å²) in [5.41, 5.74) is 0. The second kappa shape index (κ2) is 10.8. The minimum absolute atomic E-state index is 0.0333. The maximum atomic E-state index is 11.1. The van der Waals surface area contributed by atoms with E-state index >= 15 is 0 Å². The molecule has 0 aromatic rings. The first-order valence-electron chi connectivity index (χ1n) is 6.61. The number of nitrogens with one attached hydrogen (secondary N) is 1. The van der Waals surface area contributed by atoms with Gasteiger partial charge < -0.3 is 10.1 Å². The summed E-state index contributed by atoms with van der Waals surface area (Å²) in [6, 6.07) is 0. The number of hydrogen-bond donors (Lipinski definition) is 1. The fraction of sp³-hybridized carbons (Fsp3) is 0.923. The number of unbranched alkanes of at least 4 members (excludes halogenated alkanes) is 6. The highest BCUT2D eigenvalue weighted by Gasteiger charge is 2.02. The van der Waals surface area contributed by atoms with Crippen molar-refractivity contribution in [3.8, 4) is 0 Å². The predicted molar refractivity (Wildman–Crippen MR) is 67.6 cm³/mol. The molecule has 0 aliphatic rings. The lowest BCUT2D eigenvalue weighted by Crippen LogP contribution is -2.27. The van der Waals surface area contributed by atoms with Crippen LogP contribution in [-0.4, -0.2) is 18.7 Å². The fourth-order valence-electron chi connectivity index (χ4n) is 1.53. The topological polar surface area (TPSA) is 38.3 Å². The maximum absolute atomic E-state index is 11.1. The van der Waals surface area contributed by atoms with Gasteiger partial charge in [0.25, 0.3) is 0 Å². The Balaban J connectivity index is 3.11. The summed E-state index contributed by atoms with van der Waals surface area (Å²) in [7, 11) is 0. The molecule has 3 nitrogen and oxygen atoms in total. The minimum atomic E-state index is -0.291. The molecule has 0 aromatic carbocycles. The molecule has 0 saturated carbocycles. The van der Waals surface area contributed by atoms with Crippen molar-refractivity contribution in [2.24, 2.45) is 0 Å². The van der Waals surface area contributed by atoms with Gasteiger partial charge in [0.2, 0.25) is 0 Å². The molecule has 0 saturated heterocycles. The first kappa shape index (κ1) is 15.3. The van der Waals surface area contributed by atoms with Crippen molar-refractivity contribution in [3.63, 3.8) is 0 Å². The number of amides is 1. The van der Waals surface area contributed by atoms with Crippen LogP contribution in [0.3, 0.4) is 0 Å². The van der Waals surface area contributed by atoms with Crippen LogP contribution in [0.5, 0.6) is 0 Å². The highest BCUT2D eigenvalue weighted by molar-refractivity contribution is 5.67. The summed E-state index contributed by atoms with van der Waals surface area (Å²) >= 11 is 0. The summed E-state index contributed by atoms with van der Waals surface area (Å²) in [6.07, 6.45) is 8.52. The molecular formula is C13H27NO2. The number of carbonyl (C=O) groups excluding carboxylic acids is 1. The van der Waals surface area contributed by atoms with Gasteiger partial charge in [0.15, 0.2) is 0 Å². The van der Waals surface area contributed by atoms with Crippen LogP contribution < -0.4 is 5.32 Å². The number of alkyl carbamates (subject to hydrolysis) is 1. The number of rotatable bonds is 9. The van der Waals surface area contributed by atoms with Gasteiger partial charge in [-0.3, -0.25) is 0 Å². The van der Waals surface area contributed by atoms with Crippen molar-refractivity contribution in [3.05, 3.63) is 0 Å². The summed E-state index contributed by atoms with van der Waals surface area (Å²) in [6.45, 7) is 6.67. The molecule has 0 bridgehead atoms. The zero-order valence-corrected chi connectivity index (χ0v) is 11.1. The van der Waals surface area contributed by atoms with Gasteiger partial charge in [0.05, 0.1) is 6.10 Å². The van der Waals surface area contributed by atoms with Gasteiger partial charge >= 0.3 is 6.09 Å². The van der Waals surface area contributed by atoms with Crippen LogP contribution in [0.1, 0.15) is 65.7 Å². The van der Waals surface area contributed by atoms with E-state index in [1.807, 2.05) is 13.8 Å². The minimum Gasteiger partial charge on any atom is -0.447 e. The molecule has 96 valence electrons. The second-order valence-corrected chi connectivity index (χ2v) is 4.50. The average molecular weight is 229 g/mol. The third-order valence-electron chi connectivity index (χ3n) is 2.39. The summed E-state index contributed by atoms with van der Waals surface area (Å²) < 4.78 is 4.96. The Bertz CT molecular complexity index is 169. The number of carbonyl (C=O) groups is 1. The van der Waals surface area contributed by atoms with E-state index < -0.39 is 0 Å². The van der Waals surface area contributed by atoms with Gasteiger partial charge in [-0.15, -0.1) is 0 Å². The van der Waals surface area contributed by atoms with E-state index in [1.54, 1.807) is 0 Å². The summed E-state index contributed by atoms with van der Waals surface area (Å²) in [4.78, 5) is 11.1. The first-order chi connectivity index (χ1) is 7.66. The number of hydrogen-bond acceptors (Lipinski definition) is 2. The van der Waals surface area contributed by atoms with Crippen LogP contribution in [0.15, 0.2) is 0 Å². The first-order valence-corrected chi connectivity index (χ1v) is 6.61. The molecule has 16 heavy (non-hydrogen) atoms. The van der Waals surface area contributed by atoms with Crippen molar-refractivity contribution in [1.82, 2.24) is 5.32 Å². The molecule has 0 spiro atoms. The Kier molecular flexibility index (Phi) is 10.3. The van der Waals surface area contributed by atoms with Gasteiger partial charge in [-0.2, -0.15) is 0 Å². The molecule has 0 heterocycles. The fourth-order valence-corrected chi connectivity index (χ4v) is 1.53. The smallest absolute Gasteiger partial charge is 0.407 e. The standard InChI is InChI=1S/C13H27NO2/c1-4-5-6-7-8-9-10-11-14-13(15)16-12(2)3/h12H,4-11H2,1-3H3,(H,14,15). The normalized spacial score (nSPS) is 10.5. The lowest BCUT2D eigenvalue weighted by atomic mass is 10.1. The number of ether oxygens (including phenoxy) is 1. The van der Waals surface area contributed by atoms with Gasteiger partial charge in [-0.25, -0.2) is 4.79 Å².